The third kappa shape index (κ3) is 4.44. The maximum Gasteiger partial charge on any atom is 0.337 e. The Morgan fingerprint density at radius 2 is 1.69 bits per heavy atom. The average Bonchev–Trinajstić information content (AvgIpc) is 3.15. The smallest absolute Gasteiger partial charge is 0.337 e. The fourth-order valence-corrected chi connectivity index (χ4v) is 4.30. The molecule has 7 nitrogen and oxygen atoms in total. The van der Waals surface area contributed by atoms with Gasteiger partial charge < -0.3 is 14.6 Å². The number of benzene rings is 3. The van der Waals surface area contributed by atoms with Crippen molar-refractivity contribution in [3.8, 4) is 5.75 Å². The van der Waals surface area contributed by atoms with Crippen molar-refractivity contribution >= 4 is 45.0 Å². The molecule has 1 saturated heterocycles. The molecular weight excluding hydrogens is 514 g/mol. The van der Waals surface area contributed by atoms with Crippen LogP contribution in [0.4, 0.5) is 5.69 Å². The highest BCUT2D eigenvalue weighted by Crippen LogP contribution is 2.43. The molecule has 0 saturated carbocycles. The second-order valence-corrected chi connectivity index (χ2v) is 8.80. The van der Waals surface area contributed by atoms with Gasteiger partial charge in [0.05, 0.1) is 31.4 Å². The van der Waals surface area contributed by atoms with Crippen LogP contribution in [0.25, 0.3) is 5.76 Å². The van der Waals surface area contributed by atoms with Crippen molar-refractivity contribution in [2.75, 3.05) is 19.1 Å². The van der Waals surface area contributed by atoms with Gasteiger partial charge in [-0.1, -0.05) is 40.2 Å². The van der Waals surface area contributed by atoms with Gasteiger partial charge >= 0.3 is 5.97 Å². The zero-order valence-corrected chi connectivity index (χ0v) is 20.8. The lowest BCUT2D eigenvalue weighted by atomic mass is 9.94. The first kappa shape index (κ1) is 24.2. The molecule has 178 valence electrons. The average molecular weight is 536 g/mol. The summed E-state index contributed by atoms with van der Waals surface area (Å²) in [6.45, 7) is 1.86. The predicted octanol–water partition coefficient (Wildman–Crippen LogP) is 5.18. The topological polar surface area (TPSA) is 93.1 Å². The van der Waals surface area contributed by atoms with E-state index in [-0.39, 0.29) is 16.9 Å². The number of hydrogen-bond acceptors (Lipinski definition) is 6. The number of hydrogen-bond donors (Lipinski definition) is 1. The molecule has 1 atom stereocenters. The van der Waals surface area contributed by atoms with Crippen LogP contribution in [0.15, 0.2) is 76.8 Å². The van der Waals surface area contributed by atoms with Gasteiger partial charge in [0.25, 0.3) is 11.7 Å². The van der Waals surface area contributed by atoms with Crippen LogP contribution >= 0.6 is 15.9 Å². The molecule has 35 heavy (non-hydrogen) atoms. The molecule has 4 rings (SSSR count). The molecule has 0 aromatic heterocycles. The molecule has 0 bridgehead atoms. The molecule has 0 aliphatic carbocycles. The summed E-state index contributed by atoms with van der Waals surface area (Å²) in [7, 11) is 2.80. The molecule has 3 aromatic carbocycles. The van der Waals surface area contributed by atoms with E-state index in [0.717, 1.165) is 10.0 Å². The van der Waals surface area contributed by atoms with Gasteiger partial charge in [-0.2, -0.15) is 0 Å². The first-order chi connectivity index (χ1) is 16.8. The number of carbonyl (C=O) groups is 3. The molecule has 1 fully saturated rings. The first-order valence-electron chi connectivity index (χ1n) is 10.7. The van der Waals surface area contributed by atoms with Crippen LogP contribution in [0.2, 0.25) is 0 Å². The highest BCUT2D eigenvalue weighted by atomic mass is 79.9. The van der Waals surface area contributed by atoms with E-state index < -0.39 is 23.7 Å². The van der Waals surface area contributed by atoms with Crippen molar-refractivity contribution in [3.05, 3.63) is 99.0 Å². The van der Waals surface area contributed by atoms with Gasteiger partial charge in [0.1, 0.15) is 11.5 Å². The lowest BCUT2D eigenvalue weighted by molar-refractivity contribution is -0.132. The van der Waals surface area contributed by atoms with Gasteiger partial charge in [-0.05, 0) is 60.5 Å². The Hall–Kier alpha value is -3.91. The number of amides is 1. The van der Waals surface area contributed by atoms with Crippen molar-refractivity contribution < 1.29 is 29.0 Å². The molecular formula is C27H22BrNO6. The summed E-state index contributed by atoms with van der Waals surface area (Å²) >= 11 is 3.43. The van der Waals surface area contributed by atoms with Crippen molar-refractivity contribution in [1.82, 2.24) is 0 Å². The zero-order chi connectivity index (χ0) is 25.3. The quantitative estimate of drug-likeness (QED) is 0.209. The Morgan fingerprint density at radius 3 is 2.31 bits per heavy atom. The fraction of sp³-hybridized carbons (Fsp3) is 0.148. The number of ketones is 1. The highest BCUT2D eigenvalue weighted by Gasteiger charge is 2.47. The fourth-order valence-electron chi connectivity index (χ4n) is 4.05. The number of esters is 1. The highest BCUT2D eigenvalue weighted by molar-refractivity contribution is 9.10. The summed E-state index contributed by atoms with van der Waals surface area (Å²) in [5.74, 6) is -1.90. The van der Waals surface area contributed by atoms with Gasteiger partial charge in [0, 0.05) is 15.7 Å². The van der Waals surface area contributed by atoms with Gasteiger partial charge in [-0.25, -0.2) is 4.79 Å². The summed E-state index contributed by atoms with van der Waals surface area (Å²) in [4.78, 5) is 40.0. The maximum absolute atomic E-state index is 13.3. The van der Waals surface area contributed by atoms with Crippen molar-refractivity contribution in [2.45, 2.75) is 13.0 Å². The van der Waals surface area contributed by atoms with Crippen LogP contribution in [-0.2, 0) is 14.3 Å². The Bertz CT molecular complexity index is 1360. The second kappa shape index (κ2) is 9.76. The van der Waals surface area contributed by atoms with E-state index in [4.69, 9.17) is 9.47 Å². The second-order valence-electron chi connectivity index (χ2n) is 7.95. The third-order valence-corrected chi connectivity index (χ3v) is 6.74. The molecule has 1 amide bonds. The molecule has 8 heteroatoms. The number of ether oxygens (including phenoxy) is 2. The van der Waals surface area contributed by atoms with Crippen molar-refractivity contribution in [3.63, 3.8) is 0 Å². The number of methoxy groups -OCH3 is 2. The molecule has 3 aromatic rings. The largest absolute Gasteiger partial charge is 0.507 e. The summed E-state index contributed by atoms with van der Waals surface area (Å²) in [6, 6.07) is 17.4. The number of Topliss-reactive ketones (excluding diaryl/α,β-unsaturated/α-hetero) is 1. The molecule has 1 unspecified atom stereocenters. The van der Waals surface area contributed by atoms with E-state index in [2.05, 4.69) is 15.9 Å². The summed E-state index contributed by atoms with van der Waals surface area (Å²) in [5.41, 5.74) is 2.35. The number of halogens is 1. The number of carbonyl (C=O) groups excluding carboxylic acids is 3. The lowest BCUT2D eigenvalue weighted by Gasteiger charge is -2.26. The molecule has 0 spiro atoms. The SMILES string of the molecule is COC(=O)c1cccc(N2C(=O)C(=O)/C(=C(/O)c3ccc(Br)c(C)c3)C2c2ccc(OC)cc2)c1. The molecule has 0 radical (unpaired) electrons. The Balaban J connectivity index is 1.94. The number of aliphatic hydroxyl groups excluding tert-OH is 1. The van der Waals surface area contributed by atoms with Gasteiger partial charge in [0.2, 0.25) is 0 Å². The minimum absolute atomic E-state index is 0.0506. The van der Waals surface area contributed by atoms with Crippen LogP contribution in [0, 0.1) is 6.92 Å². The number of nitrogens with zero attached hydrogens (tertiary/aromatic N) is 1. The number of rotatable bonds is 5. The zero-order valence-electron chi connectivity index (χ0n) is 19.2. The van der Waals surface area contributed by atoms with E-state index in [9.17, 15) is 19.5 Å². The van der Waals surface area contributed by atoms with Crippen LogP contribution in [0.5, 0.6) is 5.75 Å². The van der Waals surface area contributed by atoms with Crippen LogP contribution in [0.1, 0.15) is 33.1 Å². The van der Waals surface area contributed by atoms with Gasteiger partial charge in [0.15, 0.2) is 0 Å². The molecule has 1 aliphatic heterocycles. The standard InChI is InChI=1S/C27H22BrNO6/c1-15-13-17(9-12-21(15)28)24(30)22-23(16-7-10-20(34-2)11-8-16)29(26(32)25(22)31)19-6-4-5-18(14-19)27(33)35-3/h4-14,23,30H,1-3H3/b24-22+. The van der Waals surface area contributed by atoms with E-state index in [1.807, 2.05) is 6.92 Å². The van der Waals surface area contributed by atoms with Crippen LogP contribution < -0.4 is 9.64 Å². The van der Waals surface area contributed by atoms with Gasteiger partial charge in [-0.3, -0.25) is 14.5 Å². The summed E-state index contributed by atoms with van der Waals surface area (Å²) < 4.78 is 10.9. The first-order valence-corrected chi connectivity index (χ1v) is 11.5. The Morgan fingerprint density at radius 1 is 0.971 bits per heavy atom. The predicted molar refractivity (Wildman–Crippen MR) is 134 cm³/mol. The molecule has 1 heterocycles. The number of aliphatic hydroxyl groups is 1. The van der Waals surface area contributed by atoms with E-state index in [0.29, 0.717) is 22.6 Å². The van der Waals surface area contributed by atoms with Crippen LogP contribution in [0.3, 0.4) is 0 Å². The monoisotopic (exact) mass is 535 g/mol. The van der Waals surface area contributed by atoms with Crippen molar-refractivity contribution in [1.29, 1.82) is 0 Å². The lowest BCUT2D eigenvalue weighted by Crippen LogP contribution is -2.29. The molecule has 1 aliphatic rings. The number of anilines is 1. The minimum Gasteiger partial charge on any atom is -0.507 e. The summed E-state index contributed by atoms with van der Waals surface area (Å²) in [5, 5.41) is 11.3. The van der Waals surface area contributed by atoms with E-state index >= 15 is 0 Å². The Kier molecular flexibility index (Phi) is 6.75. The van der Waals surface area contributed by atoms with Crippen LogP contribution in [-0.4, -0.2) is 37.0 Å². The van der Waals surface area contributed by atoms with Crippen molar-refractivity contribution in [2.24, 2.45) is 0 Å². The van der Waals surface area contributed by atoms with Gasteiger partial charge in [-0.15, -0.1) is 0 Å². The third-order valence-electron chi connectivity index (χ3n) is 5.85. The molecule has 1 N–H and O–H groups in total. The minimum atomic E-state index is -0.933. The maximum atomic E-state index is 13.3. The summed E-state index contributed by atoms with van der Waals surface area (Å²) in [6.07, 6.45) is 0. The Labute approximate surface area is 210 Å². The normalized spacial score (nSPS) is 16.9. The van der Waals surface area contributed by atoms with E-state index in [1.54, 1.807) is 60.7 Å². The van der Waals surface area contributed by atoms with E-state index in [1.165, 1.54) is 25.2 Å². The number of aryl methyl sites for hydroxylation is 1.